The first-order valence-corrected chi connectivity index (χ1v) is 8.72. The van der Waals surface area contributed by atoms with E-state index in [4.69, 9.17) is 10.5 Å². The zero-order valence-electron chi connectivity index (χ0n) is 12.9. The summed E-state index contributed by atoms with van der Waals surface area (Å²) in [7, 11) is 0. The lowest BCUT2D eigenvalue weighted by atomic mass is 9.67. The van der Waals surface area contributed by atoms with Gasteiger partial charge in [0, 0.05) is 12.6 Å². The Labute approximate surface area is 128 Å². The van der Waals surface area contributed by atoms with Gasteiger partial charge >= 0.3 is 0 Å². The first kappa shape index (κ1) is 13.8. The summed E-state index contributed by atoms with van der Waals surface area (Å²) >= 11 is 0. The molecule has 2 heteroatoms. The molecular formula is C19H27NO. The molecule has 1 aromatic rings. The Morgan fingerprint density at radius 1 is 1.10 bits per heavy atom. The van der Waals surface area contributed by atoms with Gasteiger partial charge in [0.15, 0.2) is 0 Å². The predicted octanol–water partition coefficient (Wildman–Crippen LogP) is 3.47. The van der Waals surface area contributed by atoms with E-state index in [1.807, 2.05) is 0 Å². The van der Waals surface area contributed by atoms with Crippen molar-refractivity contribution in [1.29, 1.82) is 0 Å². The van der Waals surface area contributed by atoms with Gasteiger partial charge < -0.3 is 10.5 Å². The summed E-state index contributed by atoms with van der Waals surface area (Å²) in [4.78, 5) is 0. The van der Waals surface area contributed by atoms with Gasteiger partial charge in [0.2, 0.25) is 0 Å². The first-order valence-electron chi connectivity index (χ1n) is 8.72. The minimum Gasteiger partial charge on any atom is -0.375 e. The van der Waals surface area contributed by atoms with Crippen LogP contribution >= 0.6 is 0 Å². The molecule has 2 aliphatic carbocycles. The molecule has 4 rings (SSSR count). The molecule has 0 bridgehead atoms. The zero-order chi connectivity index (χ0) is 14.3. The fourth-order valence-corrected chi connectivity index (χ4v) is 4.75. The highest BCUT2D eigenvalue weighted by Crippen LogP contribution is 2.46. The van der Waals surface area contributed by atoms with Crippen molar-refractivity contribution in [2.45, 2.75) is 63.0 Å². The normalized spacial score (nSPS) is 32.2. The molecule has 1 aromatic carbocycles. The molecule has 114 valence electrons. The quantitative estimate of drug-likeness (QED) is 0.903. The number of ether oxygens (including phenoxy) is 1. The Hall–Kier alpha value is -0.860. The molecule has 1 saturated carbocycles. The lowest BCUT2D eigenvalue weighted by molar-refractivity contribution is -0.147. The van der Waals surface area contributed by atoms with E-state index < -0.39 is 0 Å². The molecule has 0 amide bonds. The van der Waals surface area contributed by atoms with Crippen molar-refractivity contribution in [3.8, 4) is 0 Å². The summed E-state index contributed by atoms with van der Waals surface area (Å²) in [5, 5.41) is 0. The van der Waals surface area contributed by atoms with E-state index in [-0.39, 0.29) is 5.60 Å². The second-order valence-electron chi connectivity index (χ2n) is 7.49. The Balaban J connectivity index is 1.44. The largest absolute Gasteiger partial charge is 0.375 e. The summed E-state index contributed by atoms with van der Waals surface area (Å²) < 4.78 is 6.07. The molecule has 1 saturated heterocycles. The summed E-state index contributed by atoms with van der Waals surface area (Å²) in [6, 6.07) is 9.28. The smallest absolute Gasteiger partial charge is 0.0685 e. The van der Waals surface area contributed by atoms with Crippen LogP contribution in [0.3, 0.4) is 0 Å². The van der Waals surface area contributed by atoms with Crippen molar-refractivity contribution in [1.82, 2.24) is 0 Å². The molecule has 1 heterocycles. The van der Waals surface area contributed by atoms with Crippen molar-refractivity contribution < 1.29 is 4.74 Å². The maximum atomic E-state index is 6.72. The molecule has 2 nitrogen and oxygen atoms in total. The van der Waals surface area contributed by atoms with Crippen LogP contribution < -0.4 is 5.73 Å². The molecule has 1 spiro atoms. The van der Waals surface area contributed by atoms with Crippen molar-refractivity contribution in [2.24, 2.45) is 17.6 Å². The van der Waals surface area contributed by atoms with E-state index in [9.17, 15) is 0 Å². The standard InChI is InChI=1S/C19H27NO/c20-18(17-8-11-21-19(13-17)9-3-10-19)16-7-6-14-4-1-2-5-15(14)12-16/h1-2,4-5,16-18H,3,6-13,20H2. The molecule has 3 unspecified atom stereocenters. The highest BCUT2D eigenvalue weighted by molar-refractivity contribution is 5.30. The average molecular weight is 285 g/mol. The minimum atomic E-state index is 0.229. The van der Waals surface area contributed by atoms with Gasteiger partial charge in [-0.15, -0.1) is 0 Å². The van der Waals surface area contributed by atoms with Crippen LogP contribution in [0.15, 0.2) is 24.3 Å². The van der Waals surface area contributed by atoms with Crippen molar-refractivity contribution >= 4 is 0 Å². The Bertz CT molecular complexity index is 508. The highest BCUT2D eigenvalue weighted by atomic mass is 16.5. The van der Waals surface area contributed by atoms with Crippen LogP contribution in [0.1, 0.15) is 49.7 Å². The highest BCUT2D eigenvalue weighted by Gasteiger charge is 2.44. The third-order valence-corrected chi connectivity index (χ3v) is 6.27. The SMILES string of the molecule is NC(C1CCc2ccccc2C1)C1CCOC2(CCC2)C1. The van der Waals surface area contributed by atoms with Crippen molar-refractivity contribution in [2.75, 3.05) is 6.61 Å². The van der Waals surface area contributed by atoms with E-state index in [0.717, 1.165) is 6.61 Å². The Morgan fingerprint density at radius 3 is 2.67 bits per heavy atom. The zero-order valence-corrected chi connectivity index (χ0v) is 12.9. The fraction of sp³-hybridized carbons (Fsp3) is 0.684. The van der Waals surface area contributed by atoms with Crippen LogP contribution in [0.2, 0.25) is 0 Å². The fourth-order valence-electron chi connectivity index (χ4n) is 4.75. The first-order chi connectivity index (χ1) is 10.3. The second kappa shape index (κ2) is 5.40. The molecule has 1 aliphatic heterocycles. The third-order valence-electron chi connectivity index (χ3n) is 6.27. The van der Waals surface area contributed by atoms with Gasteiger partial charge in [-0.05, 0) is 74.3 Å². The van der Waals surface area contributed by atoms with Gasteiger partial charge in [-0.25, -0.2) is 0 Å². The van der Waals surface area contributed by atoms with Crippen LogP contribution in [0, 0.1) is 11.8 Å². The number of nitrogens with two attached hydrogens (primary N) is 1. The Kier molecular flexibility index (Phi) is 3.55. The van der Waals surface area contributed by atoms with E-state index in [1.54, 1.807) is 5.56 Å². The predicted molar refractivity (Wildman–Crippen MR) is 85.2 cm³/mol. The van der Waals surface area contributed by atoms with Crippen LogP contribution in [-0.2, 0) is 17.6 Å². The van der Waals surface area contributed by atoms with Gasteiger partial charge in [0.05, 0.1) is 5.60 Å². The summed E-state index contributed by atoms with van der Waals surface area (Å²) in [5.74, 6) is 1.34. The van der Waals surface area contributed by atoms with E-state index in [1.165, 1.54) is 56.9 Å². The minimum absolute atomic E-state index is 0.229. The molecule has 0 aromatic heterocycles. The molecule has 3 atom stereocenters. The van der Waals surface area contributed by atoms with E-state index >= 15 is 0 Å². The molecule has 0 radical (unpaired) electrons. The number of hydrogen-bond donors (Lipinski definition) is 1. The number of benzene rings is 1. The van der Waals surface area contributed by atoms with E-state index in [0.29, 0.717) is 17.9 Å². The Morgan fingerprint density at radius 2 is 1.90 bits per heavy atom. The summed E-state index contributed by atoms with van der Waals surface area (Å²) in [6.07, 6.45) is 9.92. The molecule has 21 heavy (non-hydrogen) atoms. The lowest BCUT2D eigenvalue weighted by Gasteiger charge is -2.49. The molecular weight excluding hydrogens is 258 g/mol. The van der Waals surface area contributed by atoms with Gasteiger partial charge in [0.25, 0.3) is 0 Å². The third kappa shape index (κ3) is 2.53. The van der Waals surface area contributed by atoms with Crippen LogP contribution in [0.5, 0.6) is 0 Å². The maximum Gasteiger partial charge on any atom is 0.0685 e. The van der Waals surface area contributed by atoms with E-state index in [2.05, 4.69) is 24.3 Å². The number of hydrogen-bond acceptors (Lipinski definition) is 2. The lowest BCUT2D eigenvalue weighted by Crippen LogP contribution is -2.51. The number of fused-ring (bicyclic) bond motifs is 1. The molecule has 3 aliphatic rings. The monoisotopic (exact) mass is 285 g/mol. The van der Waals surface area contributed by atoms with Crippen LogP contribution in [0.25, 0.3) is 0 Å². The van der Waals surface area contributed by atoms with Crippen LogP contribution in [0.4, 0.5) is 0 Å². The topological polar surface area (TPSA) is 35.2 Å². The molecule has 2 N–H and O–H groups in total. The number of rotatable bonds is 2. The van der Waals surface area contributed by atoms with Gasteiger partial charge in [0.1, 0.15) is 0 Å². The van der Waals surface area contributed by atoms with Gasteiger partial charge in [-0.2, -0.15) is 0 Å². The van der Waals surface area contributed by atoms with Gasteiger partial charge in [-0.3, -0.25) is 0 Å². The van der Waals surface area contributed by atoms with Crippen molar-refractivity contribution in [3.63, 3.8) is 0 Å². The van der Waals surface area contributed by atoms with Crippen molar-refractivity contribution in [3.05, 3.63) is 35.4 Å². The average Bonchev–Trinajstić information content (AvgIpc) is 2.52. The summed E-state index contributed by atoms with van der Waals surface area (Å²) in [6.45, 7) is 0.932. The maximum absolute atomic E-state index is 6.72. The molecule has 2 fully saturated rings. The number of aryl methyl sites for hydroxylation is 1. The van der Waals surface area contributed by atoms with Crippen LogP contribution in [-0.4, -0.2) is 18.2 Å². The second-order valence-corrected chi connectivity index (χ2v) is 7.49. The summed E-state index contributed by atoms with van der Waals surface area (Å²) in [5.41, 5.74) is 10.0. The van der Waals surface area contributed by atoms with Gasteiger partial charge in [-0.1, -0.05) is 24.3 Å².